The lowest BCUT2D eigenvalue weighted by atomic mass is 10.1. The first kappa shape index (κ1) is 15.8. The maximum absolute atomic E-state index is 5.40. The first-order valence-electron chi connectivity index (χ1n) is 7.05. The van der Waals surface area contributed by atoms with E-state index < -0.39 is 0 Å². The van der Waals surface area contributed by atoms with Gasteiger partial charge in [0.15, 0.2) is 11.8 Å². The highest BCUT2D eigenvalue weighted by molar-refractivity contribution is 5.79. The fourth-order valence-corrected chi connectivity index (χ4v) is 2.03. The van der Waals surface area contributed by atoms with Crippen molar-refractivity contribution in [3.05, 3.63) is 41.5 Å². The van der Waals surface area contributed by atoms with E-state index in [2.05, 4.69) is 38.0 Å². The van der Waals surface area contributed by atoms with Gasteiger partial charge in [0.1, 0.15) is 12.1 Å². The smallest absolute Gasteiger partial charge is 0.191 e. The molecule has 1 aromatic heterocycles. The highest BCUT2D eigenvalue weighted by Gasteiger charge is 2.06. The van der Waals surface area contributed by atoms with Crippen molar-refractivity contribution in [2.45, 2.75) is 20.0 Å². The normalized spacial score (nSPS) is 11.4. The lowest BCUT2D eigenvalue weighted by molar-refractivity contribution is 0.408. The molecular weight excluding hydrogens is 280 g/mol. The van der Waals surface area contributed by atoms with Crippen molar-refractivity contribution >= 4 is 5.96 Å². The van der Waals surface area contributed by atoms with E-state index in [1.165, 1.54) is 5.56 Å². The Bertz CT molecular complexity index is 649. The zero-order chi connectivity index (χ0) is 15.9. The van der Waals surface area contributed by atoms with Crippen LogP contribution in [0.25, 0.3) is 0 Å². The Kier molecular flexibility index (Phi) is 5.35. The Hall–Kier alpha value is -2.57. The molecule has 1 heterocycles. The van der Waals surface area contributed by atoms with Gasteiger partial charge in [0, 0.05) is 26.2 Å². The van der Waals surface area contributed by atoms with E-state index in [9.17, 15) is 0 Å². The highest BCUT2D eigenvalue weighted by Crippen LogP contribution is 2.19. The Morgan fingerprint density at radius 3 is 2.73 bits per heavy atom. The number of hydrogen-bond acceptors (Lipinski definition) is 4. The van der Waals surface area contributed by atoms with Crippen LogP contribution in [-0.2, 0) is 20.1 Å². The first-order valence-corrected chi connectivity index (χ1v) is 7.05. The number of ether oxygens (including phenoxy) is 1. The molecule has 118 valence electrons. The molecule has 7 heteroatoms. The van der Waals surface area contributed by atoms with Gasteiger partial charge in [-0.05, 0) is 18.6 Å². The summed E-state index contributed by atoms with van der Waals surface area (Å²) < 4.78 is 7.27. The quantitative estimate of drug-likeness (QED) is 0.636. The van der Waals surface area contributed by atoms with Gasteiger partial charge in [0.2, 0.25) is 0 Å². The molecule has 2 N–H and O–H groups in total. The summed E-state index contributed by atoms with van der Waals surface area (Å²) in [4.78, 5) is 4.20. The van der Waals surface area contributed by atoms with Crippen molar-refractivity contribution in [3.8, 4) is 5.75 Å². The summed E-state index contributed by atoms with van der Waals surface area (Å²) >= 11 is 0. The molecule has 0 atom stereocenters. The van der Waals surface area contributed by atoms with Crippen LogP contribution in [0.3, 0.4) is 0 Å². The van der Waals surface area contributed by atoms with Gasteiger partial charge in [-0.1, -0.05) is 12.1 Å². The average molecular weight is 302 g/mol. The number of rotatable bonds is 5. The predicted molar refractivity (Wildman–Crippen MR) is 85.8 cm³/mol. The van der Waals surface area contributed by atoms with Gasteiger partial charge in [0.25, 0.3) is 0 Å². The van der Waals surface area contributed by atoms with E-state index in [1.807, 2.05) is 24.6 Å². The summed E-state index contributed by atoms with van der Waals surface area (Å²) in [6.07, 6.45) is 1.67. The predicted octanol–water partition coefficient (Wildman–Crippen LogP) is 0.997. The molecule has 0 radical (unpaired) electrons. The molecule has 0 saturated heterocycles. The fraction of sp³-hybridized carbons (Fsp3) is 0.400. The molecule has 2 rings (SSSR count). The summed E-state index contributed by atoms with van der Waals surface area (Å²) in [6, 6.07) is 6.14. The van der Waals surface area contributed by atoms with Crippen LogP contribution < -0.4 is 15.4 Å². The SMILES string of the molecule is CN=C(NCc1ccc(C)cc1OC)NCc1nncn1C. The minimum Gasteiger partial charge on any atom is -0.496 e. The van der Waals surface area contributed by atoms with E-state index in [-0.39, 0.29) is 0 Å². The van der Waals surface area contributed by atoms with E-state index in [4.69, 9.17) is 4.74 Å². The summed E-state index contributed by atoms with van der Waals surface area (Å²) in [6.45, 7) is 3.23. The molecule has 0 saturated carbocycles. The molecule has 0 aliphatic carbocycles. The maximum Gasteiger partial charge on any atom is 0.191 e. The van der Waals surface area contributed by atoms with E-state index >= 15 is 0 Å². The number of aromatic nitrogens is 3. The van der Waals surface area contributed by atoms with Crippen LogP contribution in [-0.4, -0.2) is 34.9 Å². The molecule has 0 amide bonds. The number of benzene rings is 1. The van der Waals surface area contributed by atoms with Crippen molar-refractivity contribution in [2.75, 3.05) is 14.2 Å². The van der Waals surface area contributed by atoms with Crippen molar-refractivity contribution in [1.82, 2.24) is 25.4 Å². The van der Waals surface area contributed by atoms with Crippen molar-refractivity contribution in [1.29, 1.82) is 0 Å². The molecule has 1 aromatic carbocycles. The van der Waals surface area contributed by atoms with Crippen LogP contribution in [0.2, 0.25) is 0 Å². The zero-order valence-electron chi connectivity index (χ0n) is 13.4. The van der Waals surface area contributed by atoms with Crippen LogP contribution in [0, 0.1) is 6.92 Å². The second-order valence-corrected chi connectivity index (χ2v) is 4.95. The number of aliphatic imine (C=N–C) groups is 1. The summed E-state index contributed by atoms with van der Waals surface area (Å²) in [5, 5.41) is 14.3. The van der Waals surface area contributed by atoms with E-state index in [1.54, 1.807) is 20.5 Å². The molecule has 0 unspecified atom stereocenters. The molecule has 0 aliphatic heterocycles. The summed E-state index contributed by atoms with van der Waals surface area (Å²) in [7, 11) is 5.32. The Balaban J connectivity index is 1.93. The van der Waals surface area contributed by atoms with Crippen LogP contribution in [0.1, 0.15) is 17.0 Å². The third kappa shape index (κ3) is 3.97. The van der Waals surface area contributed by atoms with Crippen molar-refractivity contribution < 1.29 is 4.74 Å². The number of hydrogen-bond donors (Lipinski definition) is 2. The number of methoxy groups -OCH3 is 1. The number of guanidine groups is 1. The number of nitrogens with zero attached hydrogens (tertiary/aromatic N) is 4. The third-order valence-corrected chi connectivity index (χ3v) is 3.33. The first-order chi connectivity index (χ1) is 10.6. The standard InChI is InChI=1S/C15H22N6O/c1-11-5-6-12(13(7-11)22-4)8-17-15(16-2)18-9-14-20-19-10-21(14)3/h5-7,10H,8-9H2,1-4H3,(H2,16,17,18). The minimum absolute atomic E-state index is 0.557. The summed E-state index contributed by atoms with van der Waals surface area (Å²) in [5.41, 5.74) is 2.25. The largest absolute Gasteiger partial charge is 0.496 e. The van der Waals surface area contributed by atoms with Gasteiger partial charge in [-0.2, -0.15) is 0 Å². The highest BCUT2D eigenvalue weighted by atomic mass is 16.5. The zero-order valence-corrected chi connectivity index (χ0v) is 13.4. The average Bonchev–Trinajstić information content (AvgIpc) is 2.93. The number of nitrogens with one attached hydrogen (secondary N) is 2. The van der Waals surface area contributed by atoms with Crippen molar-refractivity contribution in [3.63, 3.8) is 0 Å². The molecule has 2 aromatic rings. The molecule has 0 spiro atoms. The lowest BCUT2D eigenvalue weighted by Gasteiger charge is -2.14. The molecule has 22 heavy (non-hydrogen) atoms. The second-order valence-electron chi connectivity index (χ2n) is 4.95. The van der Waals surface area contributed by atoms with Crippen LogP contribution in [0.4, 0.5) is 0 Å². The maximum atomic E-state index is 5.40. The van der Waals surface area contributed by atoms with Gasteiger partial charge >= 0.3 is 0 Å². The Morgan fingerprint density at radius 2 is 2.09 bits per heavy atom. The monoisotopic (exact) mass is 302 g/mol. The topological polar surface area (TPSA) is 76.4 Å². The minimum atomic E-state index is 0.557. The van der Waals surface area contributed by atoms with Gasteiger partial charge < -0.3 is 19.9 Å². The van der Waals surface area contributed by atoms with Crippen LogP contribution >= 0.6 is 0 Å². The lowest BCUT2D eigenvalue weighted by Crippen LogP contribution is -2.37. The molecular formula is C15H22N6O. The van der Waals surface area contributed by atoms with Crippen LogP contribution in [0.5, 0.6) is 5.75 Å². The Labute approximate surface area is 130 Å². The van der Waals surface area contributed by atoms with Crippen LogP contribution in [0.15, 0.2) is 29.5 Å². The molecule has 7 nitrogen and oxygen atoms in total. The van der Waals surface area contributed by atoms with Gasteiger partial charge in [0.05, 0.1) is 13.7 Å². The Morgan fingerprint density at radius 1 is 1.32 bits per heavy atom. The van der Waals surface area contributed by atoms with E-state index in [0.29, 0.717) is 19.0 Å². The second kappa shape index (κ2) is 7.44. The van der Waals surface area contributed by atoms with Gasteiger partial charge in [-0.25, -0.2) is 0 Å². The van der Waals surface area contributed by atoms with E-state index in [0.717, 1.165) is 17.1 Å². The third-order valence-electron chi connectivity index (χ3n) is 3.33. The fourth-order valence-electron chi connectivity index (χ4n) is 2.03. The van der Waals surface area contributed by atoms with Gasteiger partial charge in [-0.3, -0.25) is 4.99 Å². The number of aryl methyl sites for hydroxylation is 2. The van der Waals surface area contributed by atoms with Crippen molar-refractivity contribution in [2.24, 2.45) is 12.0 Å². The summed E-state index contributed by atoms with van der Waals surface area (Å²) in [5.74, 6) is 2.41. The van der Waals surface area contributed by atoms with Gasteiger partial charge in [-0.15, -0.1) is 10.2 Å². The molecule has 0 bridgehead atoms. The molecule has 0 fully saturated rings. The molecule has 0 aliphatic rings.